The van der Waals surface area contributed by atoms with Crippen molar-refractivity contribution in [2.24, 2.45) is 11.7 Å². The van der Waals surface area contributed by atoms with Gasteiger partial charge in [0.25, 0.3) is 0 Å². The highest BCUT2D eigenvalue weighted by Crippen LogP contribution is 2.23. The quantitative estimate of drug-likeness (QED) is 0.890. The van der Waals surface area contributed by atoms with Crippen molar-refractivity contribution >= 4 is 42.1 Å². The van der Waals surface area contributed by atoms with Crippen LogP contribution in [-0.2, 0) is 11.2 Å². The first-order chi connectivity index (χ1) is 8.15. The van der Waals surface area contributed by atoms with Crippen molar-refractivity contribution in [1.29, 1.82) is 0 Å². The topological polar surface area (TPSA) is 68.0 Å². The predicted octanol–water partition coefficient (Wildman–Crippen LogP) is 2.08. The molecule has 0 spiro atoms. The summed E-state index contributed by atoms with van der Waals surface area (Å²) < 4.78 is 0. The highest BCUT2D eigenvalue weighted by molar-refractivity contribution is 7.09. The molecule has 0 aromatic carbocycles. The van der Waals surface area contributed by atoms with Gasteiger partial charge < -0.3 is 11.1 Å². The second-order valence-corrected chi connectivity index (χ2v) is 5.73. The van der Waals surface area contributed by atoms with Gasteiger partial charge in [-0.15, -0.1) is 36.2 Å². The molecule has 1 saturated carbocycles. The van der Waals surface area contributed by atoms with Crippen LogP contribution in [0, 0.1) is 12.8 Å². The van der Waals surface area contributed by atoms with E-state index in [0.29, 0.717) is 6.54 Å². The summed E-state index contributed by atoms with van der Waals surface area (Å²) in [6, 6.07) is 0.215. The average molecular weight is 326 g/mol. The van der Waals surface area contributed by atoms with E-state index in [9.17, 15) is 4.79 Å². The van der Waals surface area contributed by atoms with Crippen molar-refractivity contribution < 1.29 is 4.79 Å². The summed E-state index contributed by atoms with van der Waals surface area (Å²) in [7, 11) is 0. The fourth-order valence-corrected chi connectivity index (χ4v) is 2.88. The first kappa shape index (κ1) is 18.6. The molecule has 2 unspecified atom stereocenters. The molecule has 1 heterocycles. The van der Waals surface area contributed by atoms with Crippen molar-refractivity contribution in [1.82, 2.24) is 10.3 Å². The number of carbonyl (C=O) groups is 1. The largest absolute Gasteiger partial charge is 0.355 e. The van der Waals surface area contributed by atoms with Crippen molar-refractivity contribution in [3.8, 4) is 0 Å². The molecule has 2 rings (SSSR count). The summed E-state index contributed by atoms with van der Waals surface area (Å²) in [6.45, 7) is 2.67. The number of hydrogen-bond acceptors (Lipinski definition) is 4. The van der Waals surface area contributed by atoms with E-state index in [4.69, 9.17) is 5.73 Å². The summed E-state index contributed by atoms with van der Waals surface area (Å²) in [4.78, 5) is 16.2. The number of hydrogen-bond donors (Lipinski definition) is 2. The number of carbonyl (C=O) groups excluding carboxylic acids is 1. The van der Waals surface area contributed by atoms with E-state index >= 15 is 0 Å². The zero-order valence-electron chi connectivity index (χ0n) is 10.9. The molecule has 1 aliphatic rings. The Labute approximate surface area is 130 Å². The van der Waals surface area contributed by atoms with Crippen molar-refractivity contribution in [3.63, 3.8) is 0 Å². The maximum Gasteiger partial charge on any atom is 0.223 e. The van der Waals surface area contributed by atoms with Gasteiger partial charge in [0.05, 0.1) is 10.7 Å². The Morgan fingerprint density at radius 3 is 2.79 bits per heavy atom. The van der Waals surface area contributed by atoms with Gasteiger partial charge in [-0.2, -0.15) is 0 Å². The van der Waals surface area contributed by atoms with Gasteiger partial charge >= 0.3 is 0 Å². The molecule has 7 heteroatoms. The second-order valence-electron chi connectivity index (χ2n) is 4.67. The zero-order chi connectivity index (χ0) is 12.3. The molecular weight excluding hydrogens is 305 g/mol. The van der Waals surface area contributed by atoms with Gasteiger partial charge in [0.1, 0.15) is 0 Å². The van der Waals surface area contributed by atoms with E-state index < -0.39 is 0 Å². The third kappa shape index (κ3) is 5.65. The van der Waals surface area contributed by atoms with Crippen molar-refractivity contribution in [2.75, 3.05) is 6.54 Å². The molecular formula is C12H21Cl2N3OS. The lowest BCUT2D eigenvalue weighted by atomic mass is 10.1. The van der Waals surface area contributed by atoms with Gasteiger partial charge in [-0.1, -0.05) is 0 Å². The molecule has 4 nitrogen and oxygen atoms in total. The minimum absolute atomic E-state index is 0. The Hall–Kier alpha value is -0.360. The average Bonchev–Trinajstić information content (AvgIpc) is 2.88. The fraction of sp³-hybridized carbons (Fsp3) is 0.667. The number of halogens is 2. The van der Waals surface area contributed by atoms with Gasteiger partial charge in [-0.05, 0) is 26.2 Å². The van der Waals surface area contributed by atoms with Gasteiger partial charge in [-0.3, -0.25) is 4.79 Å². The first-order valence-corrected chi connectivity index (χ1v) is 6.97. The van der Waals surface area contributed by atoms with E-state index in [0.717, 1.165) is 36.4 Å². The smallest absolute Gasteiger partial charge is 0.223 e. The molecule has 2 atom stereocenters. The summed E-state index contributed by atoms with van der Waals surface area (Å²) in [5.41, 5.74) is 6.86. The molecule has 1 aromatic heterocycles. The zero-order valence-corrected chi connectivity index (χ0v) is 13.4. The van der Waals surface area contributed by atoms with Crippen LogP contribution in [0.2, 0.25) is 0 Å². The standard InChI is InChI=1S/C12H19N3OS.2ClH/c1-8-15-11(7-17-8)4-5-14-12(16)9-2-3-10(13)6-9;;/h7,9-10H,2-6,13H2,1H3,(H,14,16);2*1H. The van der Waals surface area contributed by atoms with Gasteiger partial charge in [0.2, 0.25) is 5.91 Å². The van der Waals surface area contributed by atoms with Crippen molar-refractivity contribution in [2.45, 2.75) is 38.6 Å². The van der Waals surface area contributed by atoms with Gasteiger partial charge in [-0.25, -0.2) is 4.98 Å². The lowest BCUT2D eigenvalue weighted by molar-refractivity contribution is -0.124. The molecule has 3 N–H and O–H groups in total. The minimum atomic E-state index is 0. The van der Waals surface area contributed by atoms with E-state index in [1.807, 2.05) is 12.3 Å². The second kappa shape index (κ2) is 8.74. The Morgan fingerprint density at radius 2 is 2.26 bits per heavy atom. The van der Waals surface area contributed by atoms with Gasteiger partial charge in [0.15, 0.2) is 0 Å². The summed E-state index contributed by atoms with van der Waals surface area (Å²) in [6.07, 6.45) is 3.56. The molecule has 1 aromatic rings. The number of aromatic nitrogens is 1. The SMILES string of the molecule is Cc1nc(CCNC(=O)C2CCC(N)C2)cs1.Cl.Cl. The van der Waals surface area contributed by atoms with Crippen LogP contribution in [0.1, 0.15) is 30.0 Å². The third-order valence-electron chi connectivity index (χ3n) is 3.19. The molecule has 110 valence electrons. The number of aryl methyl sites for hydroxylation is 1. The monoisotopic (exact) mass is 325 g/mol. The number of nitrogens with two attached hydrogens (primary N) is 1. The Morgan fingerprint density at radius 1 is 1.53 bits per heavy atom. The van der Waals surface area contributed by atoms with Crippen LogP contribution in [0.15, 0.2) is 5.38 Å². The molecule has 0 bridgehead atoms. The van der Waals surface area contributed by atoms with Crippen LogP contribution < -0.4 is 11.1 Å². The number of amides is 1. The molecule has 1 amide bonds. The Balaban J connectivity index is 0.00000162. The van der Waals surface area contributed by atoms with E-state index in [2.05, 4.69) is 10.3 Å². The number of nitrogens with zero attached hydrogens (tertiary/aromatic N) is 1. The normalized spacial score (nSPS) is 21.4. The van der Waals surface area contributed by atoms with E-state index in [-0.39, 0.29) is 42.7 Å². The predicted molar refractivity (Wildman–Crippen MR) is 83.4 cm³/mol. The van der Waals surface area contributed by atoms with Gasteiger partial charge in [0, 0.05) is 30.3 Å². The van der Waals surface area contributed by atoms with E-state index in [1.54, 1.807) is 11.3 Å². The fourth-order valence-electron chi connectivity index (χ4n) is 2.24. The number of nitrogens with one attached hydrogen (secondary N) is 1. The van der Waals surface area contributed by atoms with Crippen LogP contribution in [0.4, 0.5) is 0 Å². The highest BCUT2D eigenvalue weighted by atomic mass is 35.5. The lowest BCUT2D eigenvalue weighted by Crippen LogP contribution is -2.31. The maximum atomic E-state index is 11.8. The summed E-state index contributed by atoms with van der Waals surface area (Å²) in [5.74, 6) is 0.284. The third-order valence-corrected chi connectivity index (χ3v) is 4.01. The lowest BCUT2D eigenvalue weighted by Gasteiger charge is -2.09. The number of thiazole rings is 1. The van der Waals surface area contributed by atoms with Crippen LogP contribution in [0.3, 0.4) is 0 Å². The first-order valence-electron chi connectivity index (χ1n) is 6.09. The Kier molecular flexibility index (Phi) is 8.57. The van der Waals surface area contributed by atoms with Crippen molar-refractivity contribution in [3.05, 3.63) is 16.1 Å². The minimum Gasteiger partial charge on any atom is -0.355 e. The number of rotatable bonds is 4. The van der Waals surface area contributed by atoms with Crippen LogP contribution in [0.5, 0.6) is 0 Å². The molecule has 0 aliphatic heterocycles. The molecule has 0 saturated heterocycles. The van der Waals surface area contributed by atoms with E-state index in [1.165, 1.54) is 0 Å². The van der Waals surface area contributed by atoms with Crippen LogP contribution >= 0.6 is 36.2 Å². The Bertz CT molecular complexity index is 400. The summed E-state index contributed by atoms with van der Waals surface area (Å²) >= 11 is 1.65. The highest BCUT2D eigenvalue weighted by Gasteiger charge is 2.27. The molecule has 0 radical (unpaired) electrons. The van der Waals surface area contributed by atoms with Crippen LogP contribution in [0.25, 0.3) is 0 Å². The molecule has 1 fully saturated rings. The molecule has 19 heavy (non-hydrogen) atoms. The van der Waals surface area contributed by atoms with Crippen LogP contribution in [-0.4, -0.2) is 23.5 Å². The summed E-state index contributed by atoms with van der Waals surface area (Å²) in [5, 5.41) is 6.10. The molecule has 1 aliphatic carbocycles. The maximum absolute atomic E-state index is 11.8.